The van der Waals surface area contributed by atoms with Crippen LogP contribution in [0.2, 0.25) is 0 Å². The van der Waals surface area contributed by atoms with Crippen molar-refractivity contribution >= 4 is 12.0 Å². The molecule has 0 amide bonds. The van der Waals surface area contributed by atoms with Crippen LogP contribution in [-0.4, -0.2) is 42.1 Å². The molecule has 2 atom stereocenters. The molecule has 3 aromatic rings. The number of oxazole rings is 1. The summed E-state index contributed by atoms with van der Waals surface area (Å²) in [6.45, 7) is 6.40. The van der Waals surface area contributed by atoms with Crippen LogP contribution in [-0.2, 0) is 18.4 Å². The van der Waals surface area contributed by atoms with E-state index in [1.165, 1.54) is 0 Å². The van der Waals surface area contributed by atoms with Crippen LogP contribution in [0.5, 0.6) is 5.75 Å². The molecule has 0 bridgehead atoms. The minimum absolute atomic E-state index is 0.112. The summed E-state index contributed by atoms with van der Waals surface area (Å²) in [7, 11) is 1.83. The third-order valence-electron chi connectivity index (χ3n) is 5.99. The Labute approximate surface area is 192 Å². The van der Waals surface area contributed by atoms with E-state index in [1.54, 1.807) is 10.9 Å². The van der Waals surface area contributed by atoms with Crippen molar-refractivity contribution in [2.24, 2.45) is 13.0 Å². The number of carbonyl (C=O) groups is 1. The fourth-order valence-corrected chi connectivity index (χ4v) is 4.03. The lowest BCUT2D eigenvalue weighted by molar-refractivity contribution is -0.143. The Balaban J connectivity index is 1.47. The minimum atomic E-state index is -0.748. The molecular weight excluding hydrogens is 424 g/mol. The van der Waals surface area contributed by atoms with Gasteiger partial charge in [0.25, 0.3) is 6.01 Å². The smallest absolute Gasteiger partial charge is 0.306 e. The number of anilines is 1. The zero-order chi connectivity index (χ0) is 23.5. The highest BCUT2D eigenvalue weighted by atomic mass is 16.5. The topological polar surface area (TPSA) is 128 Å². The van der Waals surface area contributed by atoms with Gasteiger partial charge >= 0.3 is 5.97 Å². The number of aromatic nitrogens is 5. The van der Waals surface area contributed by atoms with Crippen molar-refractivity contribution in [3.05, 3.63) is 35.5 Å². The van der Waals surface area contributed by atoms with Crippen LogP contribution in [0.3, 0.4) is 0 Å². The Morgan fingerprint density at radius 2 is 2.18 bits per heavy atom. The summed E-state index contributed by atoms with van der Waals surface area (Å²) in [4.78, 5) is 20.3. The summed E-state index contributed by atoms with van der Waals surface area (Å²) in [5.74, 6) is 0.660. The highest BCUT2D eigenvalue weighted by Gasteiger charge is 2.28. The molecule has 33 heavy (non-hydrogen) atoms. The maximum atomic E-state index is 11.3. The second-order valence-corrected chi connectivity index (χ2v) is 8.81. The number of ether oxygens (including phenoxy) is 1. The van der Waals surface area contributed by atoms with Crippen molar-refractivity contribution in [3.8, 4) is 17.1 Å². The zero-order valence-corrected chi connectivity index (χ0v) is 19.4. The maximum absolute atomic E-state index is 11.3. The molecule has 176 valence electrons. The molecule has 0 spiro atoms. The van der Waals surface area contributed by atoms with Crippen molar-refractivity contribution < 1.29 is 19.1 Å². The molecule has 1 aliphatic rings. The largest absolute Gasteiger partial charge is 0.489 e. The van der Waals surface area contributed by atoms with Crippen molar-refractivity contribution in [1.29, 1.82) is 0 Å². The Hall–Kier alpha value is -3.43. The molecule has 10 nitrogen and oxygen atoms in total. The molecule has 3 heterocycles. The quantitative estimate of drug-likeness (QED) is 0.520. The van der Waals surface area contributed by atoms with Crippen LogP contribution in [0.25, 0.3) is 11.4 Å². The maximum Gasteiger partial charge on any atom is 0.306 e. The van der Waals surface area contributed by atoms with Gasteiger partial charge in [-0.25, -0.2) is 14.6 Å². The van der Waals surface area contributed by atoms with Crippen molar-refractivity contribution in [2.75, 3.05) is 5.32 Å². The minimum Gasteiger partial charge on any atom is -0.489 e. The van der Waals surface area contributed by atoms with E-state index in [9.17, 15) is 9.90 Å². The van der Waals surface area contributed by atoms with Crippen LogP contribution in [0.1, 0.15) is 62.6 Å². The average molecular weight is 455 g/mol. The van der Waals surface area contributed by atoms with E-state index in [-0.39, 0.29) is 17.9 Å². The van der Waals surface area contributed by atoms with Gasteiger partial charge in [-0.3, -0.25) is 4.79 Å². The van der Waals surface area contributed by atoms with Gasteiger partial charge in [0.1, 0.15) is 17.2 Å². The lowest BCUT2D eigenvalue weighted by atomic mass is 9.87. The molecule has 1 fully saturated rings. The number of nitrogens with zero attached hydrogens (tertiary/aromatic N) is 5. The van der Waals surface area contributed by atoms with Crippen LogP contribution in [0, 0.1) is 12.8 Å². The number of carboxylic acids is 1. The number of hydrogen-bond acceptors (Lipinski definition) is 8. The molecule has 0 aliphatic heterocycles. The Morgan fingerprint density at radius 3 is 2.88 bits per heavy atom. The molecule has 3 aromatic heterocycles. The number of pyridine rings is 1. The fourth-order valence-electron chi connectivity index (χ4n) is 4.03. The van der Waals surface area contributed by atoms with Crippen LogP contribution < -0.4 is 10.1 Å². The monoisotopic (exact) mass is 454 g/mol. The summed E-state index contributed by atoms with van der Waals surface area (Å²) < 4.78 is 13.5. The number of carboxylic acid groups (broad SMARTS) is 1. The summed E-state index contributed by atoms with van der Waals surface area (Å²) >= 11 is 0. The van der Waals surface area contributed by atoms with Crippen LogP contribution in [0.15, 0.2) is 22.7 Å². The van der Waals surface area contributed by atoms with Gasteiger partial charge in [-0.2, -0.15) is 0 Å². The van der Waals surface area contributed by atoms with Gasteiger partial charge in [0.15, 0.2) is 0 Å². The van der Waals surface area contributed by atoms with Gasteiger partial charge in [-0.05, 0) is 44.7 Å². The van der Waals surface area contributed by atoms with Gasteiger partial charge < -0.3 is 19.6 Å². The molecular formula is C23H30N6O4. The highest BCUT2D eigenvalue weighted by molar-refractivity contribution is 5.70. The molecule has 0 saturated heterocycles. The molecule has 0 aromatic carbocycles. The second-order valence-electron chi connectivity index (χ2n) is 8.81. The third kappa shape index (κ3) is 5.15. The van der Waals surface area contributed by atoms with Crippen LogP contribution in [0.4, 0.5) is 6.01 Å². The summed E-state index contributed by atoms with van der Waals surface area (Å²) in [5.41, 5.74) is 2.92. The first-order valence-corrected chi connectivity index (χ1v) is 11.3. The van der Waals surface area contributed by atoms with E-state index in [4.69, 9.17) is 14.1 Å². The highest BCUT2D eigenvalue weighted by Crippen LogP contribution is 2.30. The van der Waals surface area contributed by atoms with E-state index in [0.717, 1.165) is 30.0 Å². The predicted octanol–water partition coefficient (Wildman–Crippen LogP) is 3.93. The lowest BCUT2D eigenvalue weighted by Gasteiger charge is -2.27. The standard InChI is InChI=1S/C23H30N6O4/c1-13(2)20-12-25-23(33-20)24-11-18-21(27-28-29(18)4)17-8-9-19(14(3)26-17)32-16-7-5-6-15(10-16)22(30)31/h8-9,12-13,15-16H,5-7,10-11H2,1-4H3,(H,24,25)(H,30,31)/t15-,16-/m0/s1. The van der Waals surface area contributed by atoms with Gasteiger partial charge in [0, 0.05) is 13.0 Å². The van der Waals surface area contributed by atoms with Gasteiger partial charge in [0.05, 0.1) is 41.8 Å². The number of nitrogens with one attached hydrogen (secondary N) is 1. The van der Waals surface area contributed by atoms with E-state index < -0.39 is 5.97 Å². The van der Waals surface area contributed by atoms with Gasteiger partial charge in [0.2, 0.25) is 0 Å². The lowest BCUT2D eigenvalue weighted by Crippen LogP contribution is -2.29. The zero-order valence-electron chi connectivity index (χ0n) is 19.4. The van der Waals surface area contributed by atoms with E-state index >= 15 is 0 Å². The molecule has 0 radical (unpaired) electrons. The van der Waals surface area contributed by atoms with Crippen molar-refractivity contribution in [1.82, 2.24) is 25.0 Å². The molecule has 2 N–H and O–H groups in total. The molecule has 1 saturated carbocycles. The normalized spacial score (nSPS) is 18.5. The Morgan fingerprint density at radius 1 is 1.36 bits per heavy atom. The van der Waals surface area contributed by atoms with Crippen LogP contribution >= 0.6 is 0 Å². The molecule has 1 aliphatic carbocycles. The fraction of sp³-hybridized carbons (Fsp3) is 0.522. The Kier molecular flexibility index (Phi) is 6.62. The third-order valence-corrected chi connectivity index (χ3v) is 5.99. The number of hydrogen-bond donors (Lipinski definition) is 2. The number of aliphatic carboxylic acids is 1. The first-order valence-electron chi connectivity index (χ1n) is 11.3. The predicted molar refractivity (Wildman–Crippen MR) is 121 cm³/mol. The van der Waals surface area contributed by atoms with E-state index in [2.05, 4.69) is 20.6 Å². The SMILES string of the molecule is Cc1nc(-c2nnn(C)c2CNc2ncc(C(C)C)o2)ccc1O[C@H]1CCC[C@H](C(=O)O)C1. The number of rotatable bonds is 8. The first-order chi connectivity index (χ1) is 15.8. The van der Waals surface area contributed by atoms with E-state index in [1.807, 2.05) is 40.0 Å². The summed E-state index contributed by atoms with van der Waals surface area (Å²) in [6, 6.07) is 4.18. The van der Waals surface area contributed by atoms with Gasteiger partial charge in [-0.1, -0.05) is 19.1 Å². The Bertz CT molecular complexity index is 1120. The van der Waals surface area contributed by atoms with Crippen molar-refractivity contribution in [3.63, 3.8) is 0 Å². The average Bonchev–Trinajstić information content (AvgIpc) is 3.41. The molecule has 4 rings (SSSR count). The first kappa shape index (κ1) is 22.8. The number of aryl methyl sites for hydroxylation is 2. The van der Waals surface area contributed by atoms with Crippen molar-refractivity contribution in [2.45, 2.75) is 65.0 Å². The molecule has 10 heteroatoms. The second kappa shape index (κ2) is 9.60. The molecule has 0 unspecified atom stereocenters. The summed E-state index contributed by atoms with van der Waals surface area (Å²) in [6.07, 6.45) is 4.55. The van der Waals surface area contributed by atoms with E-state index in [0.29, 0.717) is 42.5 Å². The summed E-state index contributed by atoms with van der Waals surface area (Å²) in [5, 5.41) is 21.0. The van der Waals surface area contributed by atoms with Gasteiger partial charge in [-0.15, -0.1) is 5.10 Å².